The van der Waals surface area contributed by atoms with Crippen LogP contribution < -0.4 is 0 Å². The van der Waals surface area contributed by atoms with Gasteiger partial charge < -0.3 is 9.05 Å². The fourth-order valence-electron chi connectivity index (χ4n) is 2.15. The van der Waals surface area contributed by atoms with Gasteiger partial charge in [-0.25, -0.2) is 0 Å². The summed E-state index contributed by atoms with van der Waals surface area (Å²) in [6, 6.07) is 9.18. The number of nitrogens with zero attached hydrogens (tertiary/aromatic N) is 1. The average molecular weight is 327 g/mol. The maximum Gasteiger partial charge on any atom is 0.330 e. The first-order chi connectivity index (χ1) is 10.5. The summed E-state index contributed by atoms with van der Waals surface area (Å²) in [5, 5.41) is 0.743. The minimum absolute atomic E-state index is 0.0651. The minimum Gasteiger partial charge on any atom is -0.312 e. The summed E-state index contributed by atoms with van der Waals surface area (Å²) in [5.41, 5.74) is 0.839. The van der Waals surface area contributed by atoms with E-state index in [1.165, 1.54) is 14.2 Å². The molecule has 8 heteroatoms. The zero-order valence-corrected chi connectivity index (χ0v) is 13.3. The van der Waals surface area contributed by atoms with Gasteiger partial charge in [0.1, 0.15) is 6.61 Å². The molecule has 1 saturated heterocycles. The molecule has 7 nitrogen and oxygen atoms in total. The Morgan fingerprint density at radius 2 is 1.82 bits per heavy atom. The number of benzene rings is 1. The molecule has 1 fully saturated rings. The quantitative estimate of drug-likeness (QED) is 0.562. The number of hydrogen-bond acceptors (Lipinski definition) is 6. The lowest BCUT2D eigenvalue weighted by Crippen LogP contribution is -2.31. The monoisotopic (exact) mass is 327 g/mol. The number of carbonyl (C=O) groups is 2. The van der Waals surface area contributed by atoms with E-state index < -0.39 is 25.3 Å². The van der Waals surface area contributed by atoms with E-state index in [0.29, 0.717) is 0 Å². The maximum atomic E-state index is 12.2. The molecule has 1 aromatic carbocycles. The van der Waals surface area contributed by atoms with Crippen LogP contribution in [0.4, 0.5) is 0 Å². The Balaban J connectivity index is 1.98. The molecule has 0 N–H and O–H groups in total. The molecule has 2 amide bonds. The summed E-state index contributed by atoms with van der Waals surface area (Å²) >= 11 is 0. The minimum atomic E-state index is -3.35. The van der Waals surface area contributed by atoms with Crippen molar-refractivity contribution in [1.82, 2.24) is 5.06 Å². The molecule has 120 valence electrons. The van der Waals surface area contributed by atoms with Crippen LogP contribution in [0, 0.1) is 5.92 Å². The van der Waals surface area contributed by atoms with Crippen LogP contribution in [-0.2, 0) is 34.6 Å². The van der Waals surface area contributed by atoms with Crippen molar-refractivity contribution in [1.29, 1.82) is 0 Å². The predicted octanol–water partition coefficient (Wildman–Crippen LogP) is 1.98. The van der Waals surface area contributed by atoms with E-state index in [9.17, 15) is 14.2 Å². The van der Waals surface area contributed by atoms with E-state index in [-0.39, 0.29) is 19.2 Å². The molecule has 1 aromatic rings. The SMILES string of the molecule is COP(=O)(CC1CC(=O)N(OCc2ccccc2)C1=O)OC. The molecule has 1 heterocycles. The van der Waals surface area contributed by atoms with Crippen molar-refractivity contribution >= 4 is 19.4 Å². The lowest BCUT2D eigenvalue weighted by molar-refractivity contribution is -0.192. The van der Waals surface area contributed by atoms with E-state index in [1.54, 1.807) is 0 Å². The zero-order chi connectivity index (χ0) is 16.2. The van der Waals surface area contributed by atoms with Gasteiger partial charge in [-0.2, -0.15) is 5.06 Å². The number of imide groups is 1. The highest BCUT2D eigenvalue weighted by atomic mass is 31.2. The number of amides is 2. The van der Waals surface area contributed by atoms with Crippen molar-refractivity contribution in [3.63, 3.8) is 0 Å². The van der Waals surface area contributed by atoms with E-state index in [0.717, 1.165) is 10.6 Å². The summed E-state index contributed by atoms with van der Waals surface area (Å²) < 4.78 is 21.7. The topological polar surface area (TPSA) is 82.1 Å². The fourth-order valence-corrected chi connectivity index (χ4v) is 3.43. The molecule has 22 heavy (non-hydrogen) atoms. The van der Waals surface area contributed by atoms with Crippen LogP contribution >= 0.6 is 7.60 Å². The molecule has 1 unspecified atom stereocenters. The molecule has 1 atom stereocenters. The molecule has 2 rings (SSSR count). The second kappa shape index (κ2) is 7.15. The Labute approximate surface area is 128 Å². The van der Waals surface area contributed by atoms with Gasteiger partial charge in [0.2, 0.25) is 0 Å². The van der Waals surface area contributed by atoms with E-state index in [2.05, 4.69) is 0 Å². The number of hydroxylamine groups is 2. The molecule has 1 aliphatic heterocycles. The van der Waals surface area contributed by atoms with Gasteiger partial charge in [0.25, 0.3) is 11.8 Å². The summed E-state index contributed by atoms with van der Waals surface area (Å²) in [6.45, 7) is 0.108. The van der Waals surface area contributed by atoms with Crippen LogP contribution in [0.15, 0.2) is 30.3 Å². The lowest BCUT2D eigenvalue weighted by Gasteiger charge is -2.17. The van der Waals surface area contributed by atoms with E-state index in [1.807, 2.05) is 30.3 Å². The fraction of sp³-hybridized carbons (Fsp3) is 0.429. The molecular formula is C14H18NO6P. The Bertz CT molecular complexity index is 582. The zero-order valence-electron chi connectivity index (χ0n) is 12.4. The van der Waals surface area contributed by atoms with E-state index in [4.69, 9.17) is 13.9 Å². The highest BCUT2D eigenvalue weighted by molar-refractivity contribution is 7.53. The highest BCUT2D eigenvalue weighted by Gasteiger charge is 2.43. The second-order valence-corrected chi connectivity index (χ2v) is 7.16. The first kappa shape index (κ1) is 16.8. The second-order valence-electron chi connectivity index (χ2n) is 4.85. The van der Waals surface area contributed by atoms with Crippen LogP contribution in [0.3, 0.4) is 0 Å². The van der Waals surface area contributed by atoms with Crippen molar-refractivity contribution in [2.24, 2.45) is 5.92 Å². The predicted molar refractivity (Wildman–Crippen MR) is 77.7 cm³/mol. The molecule has 0 saturated carbocycles. The normalized spacial score (nSPS) is 19.0. The van der Waals surface area contributed by atoms with Crippen molar-refractivity contribution in [2.45, 2.75) is 13.0 Å². The molecule has 0 bridgehead atoms. The summed E-state index contributed by atoms with van der Waals surface area (Å²) in [5.74, 6) is -1.73. The van der Waals surface area contributed by atoms with Crippen LogP contribution in [0.2, 0.25) is 0 Å². The first-order valence-corrected chi connectivity index (χ1v) is 8.46. The van der Waals surface area contributed by atoms with Crippen LogP contribution in [0.5, 0.6) is 0 Å². The van der Waals surface area contributed by atoms with Crippen LogP contribution in [0.1, 0.15) is 12.0 Å². The number of hydrogen-bond donors (Lipinski definition) is 0. The van der Waals surface area contributed by atoms with Crippen molar-refractivity contribution in [2.75, 3.05) is 20.4 Å². The van der Waals surface area contributed by atoms with Gasteiger partial charge in [-0.05, 0) is 5.56 Å². The van der Waals surface area contributed by atoms with Crippen LogP contribution in [-0.4, -0.2) is 37.3 Å². The Morgan fingerprint density at radius 3 is 2.41 bits per heavy atom. The molecule has 0 radical (unpaired) electrons. The Kier molecular flexibility index (Phi) is 5.47. The van der Waals surface area contributed by atoms with Crippen molar-refractivity contribution < 1.29 is 28.0 Å². The Morgan fingerprint density at radius 1 is 1.18 bits per heavy atom. The molecule has 1 aliphatic rings. The maximum absolute atomic E-state index is 12.2. The van der Waals surface area contributed by atoms with Gasteiger partial charge in [0.05, 0.1) is 12.1 Å². The number of carbonyl (C=O) groups excluding carboxylic acids is 2. The summed E-state index contributed by atoms with van der Waals surface area (Å²) in [6.07, 6.45) is -0.208. The van der Waals surface area contributed by atoms with Gasteiger partial charge in [-0.15, -0.1) is 0 Å². The van der Waals surface area contributed by atoms with Gasteiger partial charge in [0.15, 0.2) is 0 Å². The van der Waals surface area contributed by atoms with Gasteiger partial charge in [0, 0.05) is 20.6 Å². The largest absolute Gasteiger partial charge is 0.330 e. The highest BCUT2D eigenvalue weighted by Crippen LogP contribution is 2.49. The van der Waals surface area contributed by atoms with Gasteiger partial charge in [-0.1, -0.05) is 30.3 Å². The standard InChI is InChI=1S/C14H18NO6P/c1-19-22(18,20-2)10-12-8-13(16)15(14(12)17)21-9-11-6-4-3-5-7-11/h3-7,12H,8-10H2,1-2H3. The molecular weight excluding hydrogens is 309 g/mol. The van der Waals surface area contributed by atoms with Crippen molar-refractivity contribution in [3.05, 3.63) is 35.9 Å². The summed E-state index contributed by atoms with van der Waals surface area (Å²) in [4.78, 5) is 29.4. The molecule has 0 spiro atoms. The molecule has 0 aromatic heterocycles. The lowest BCUT2D eigenvalue weighted by atomic mass is 10.1. The van der Waals surface area contributed by atoms with Gasteiger partial charge in [-0.3, -0.25) is 19.0 Å². The van der Waals surface area contributed by atoms with Crippen LogP contribution in [0.25, 0.3) is 0 Å². The third-order valence-electron chi connectivity index (χ3n) is 3.40. The third-order valence-corrected chi connectivity index (χ3v) is 5.40. The van der Waals surface area contributed by atoms with Crippen molar-refractivity contribution in [3.8, 4) is 0 Å². The molecule has 0 aliphatic carbocycles. The van der Waals surface area contributed by atoms with Gasteiger partial charge >= 0.3 is 7.60 Å². The van der Waals surface area contributed by atoms with E-state index >= 15 is 0 Å². The number of rotatable bonds is 7. The first-order valence-electron chi connectivity index (χ1n) is 6.73. The Hall–Kier alpha value is -1.53. The summed E-state index contributed by atoms with van der Waals surface area (Å²) in [7, 11) is -0.863. The average Bonchev–Trinajstić information content (AvgIpc) is 2.80. The third kappa shape index (κ3) is 3.81. The smallest absolute Gasteiger partial charge is 0.312 e.